The fourth-order valence-electron chi connectivity index (χ4n) is 1.92. The molecule has 1 unspecified atom stereocenters. The quantitative estimate of drug-likeness (QED) is 0.769. The third kappa shape index (κ3) is 3.78. The lowest BCUT2D eigenvalue weighted by molar-refractivity contribution is 0.0853. The molecule has 1 aromatic rings. The molecule has 0 aliphatic carbocycles. The number of carbonyl (C=O) groups excluding carboxylic acids is 1. The Morgan fingerprint density at radius 3 is 3.26 bits per heavy atom. The lowest BCUT2D eigenvalue weighted by atomic mass is 10.2. The minimum Gasteiger partial charge on any atom is -0.384 e. The predicted molar refractivity (Wildman–Crippen MR) is 69.5 cm³/mol. The Morgan fingerprint density at radius 2 is 2.53 bits per heavy atom. The molecule has 19 heavy (non-hydrogen) atoms. The van der Waals surface area contributed by atoms with E-state index < -0.39 is 0 Å². The zero-order chi connectivity index (χ0) is 13.5. The van der Waals surface area contributed by atoms with Crippen molar-refractivity contribution in [2.75, 3.05) is 19.8 Å². The Bertz CT molecular complexity index is 499. The summed E-state index contributed by atoms with van der Waals surface area (Å²) < 4.78 is 5.44. The SMILES string of the molecule is O=C(NCC1CCCO1)c1ncccc1C#CCO. The van der Waals surface area contributed by atoms with Gasteiger partial charge in [0.05, 0.1) is 11.7 Å². The third-order valence-corrected chi connectivity index (χ3v) is 2.84. The maximum Gasteiger partial charge on any atom is 0.271 e. The third-order valence-electron chi connectivity index (χ3n) is 2.84. The van der Waals surface area contributed by atoms with Gasteiger partial charge in [0.2, 0.25) is 0 Å². The number of aliphatic hydroxyl groups excluding tert-OH is 1. The van der Waals surface area contributed by atoms with Gasteiger partial charge in [-0.2, -0.15) is 0 Å². The summed E-state index contributed by atoms with van der Waals surface area (Å²) in [5.41, 5.74) is 0.794. The molecule has 0 aromatic carbocycles. The van der Waals surface area contributed by atoms with Crippen LogP contribution in [0.5, 0.6) is 0 Å². The lowest BCUT2D eigenvalue weighted by Crippen LogP contribution is -2.32. The van der Waals surface area contributed by atoms with Gasteiger partial charge in [-0.05, 0) is 25.0 Å². The number of nitrogens with zero attached hydrogens (tertiary/aromatic N) is 1. The Kier molecular flexibility index (Phi) is 4.90. The normalized spacial score (nSPS) is 17.6. The predicted octanol–water partition coefficient (Wildman–Crippen LogP) is 0.334. The number of pyridine rings is 1. The number of nitrogens with one attached hydrogen (secondary N) is 1. The molecule has 100 valence electrons. The zero-order valence-corrected chi connectivity index (χ0v) is 10.6. The van der Waals surface area contributed by atoms with E-state index in [1.165, 1.54) is 0 Å². The van der Waals surface area contributed by atoms with Crippen LogP contribution in [0.4, 0.5) is 0 Å². The van der Waals surface area contributed by atoms with E-state index in [1.807, 2.05) is 0 Å². The standard InChI is InChI=1S/C14H16N2O3/c17-8-2-5-11-4-1-7-15-13(11)14(18)16-10-12-6-3-9-19-12/h1,4,7,12,17H,3,6,8-10H2,(H,16,18). The van der Waals surface area contributed by atoms with E-state index in [9.17, 15) is 4.79 Å². The van der Waals surface area contributed by atoms with E-state index >= 15 is 0 Å². The van der Waals surface area contributed by atoms with Crippen LogP contribution < -0.4 is 5.32 Å². The Balaban J connectivity index is 2.01. The van der Waals surface area contributed by atoms with Gasteiger partial charge in [0.25, 0.3) is 5.91 Å². The number of hydrogen-bond acceptors (Lipinski definition) is 4. The van der Waals surface area contributed by atoms with Crippen LogP contribution in [0.2, 0.25) is 0 Å². The number of carbonyl (C=O) groups is 1. The highest BCUT2D eigenvalue weighted by Crippen LogP contribution is 2.11. The van der Waals surface area contributed by atoms with Gasteiger partial charge in [-0.3, -0.25) is 4.79 Å². The molecule has 1 aromatic heterocycles. The zero-order valence-electron chi connectivity index (χ0n) is 10.6. The highest BCUT2D eigenvalue weighted by atomic mass is 16.5. The summed E-state index contributed by atoms with van der Waals surface area (Å²) in [6, 6.07) is 3.41. The minimum atomic E-state index is -0.265. The van der Waals surface area contributed by atoms with Crippen molar-refractivity contribution in [2.45, 2.75) is 18.9 Å². The molecule has 1 aliphatic rings. The Hall–Kier alpha value is -1.90. The first-order valence-corrected chi connectivity index (χ1v) is 6.26. The number of ether oxygens (including phenoxy) is 1. The van der Waals surface area contributed by atoms with Gasteiger partial charge in [0, 0.05) is 19.3 Å². The van der Waals surface area contributed by atoms with Crippen molar-refractivity contribution in [1.82, 2.24) is 10.3 Å². The first kappa shape index (κ1) is 13.5. The van der Waals surface area contributed by atoms with Crippen LogP contribution in [0, 0.1) is 11.8 Å². The largest absolute Gasteiger partial charge is 0.384 e. The number of amides is 1. The first-order chi connectivity index (χ1) is 9.31. The molecular formula is C14H16N2O3. The van der Waals surface area contributed by atoms with E-state index in [0.29, 0.717) is 12.1 Å². The topological polar surface area (TPSA) is 71.5 Å². The maximum atomic E-state index is 12.0. The van der Waals surface area contributed by atoms with Crippen molar-refractivity contribution in [3.8, 4) is 11.8 Å². The Morgan fingerprint density at radius 1 is 1.63 bits per heavy atom. The summed E-state index contributed by atoms with van der Waals surface area (Å²) >= 11 is 0. The highest BCUT2D eigenvalue weighted by molar-refractivity contribution is 5.94. The van der Waals surface area contributed by atoms with Crippen molar-refractivity contribution in [1.29, 1.82) is 0 Å². The summed E-state index contributed by atoms with van der Waals surface area (Å²) in [6.07, 6.45) is 3.65. The summed E-state index contributed by atoms with van der Waals surface area (Å²) in [6.45, 7) is 1.01. The fourth-order valence-corrected chi connectivity index (χ4v) is 1.92. The van der Waals surface area contributed by atoms with Crippen molar-refractivity contribution >= 4 is 5.91 Å². The minimum absolute atomic E-state index is 0.0969. The molecule has 0 spiro atoms. The van der Waals surface area contributed by atoms with Crippen molar-refractivity contribution in [2.24, 2.45) is 0 Å². The van der Waals surface area contributed by atoms with Crippen molar-refractivity contribution in [3.63, 3.8) is 0 Å². The molecule has 2 heterocycles. The second kappa shape index (κ2) is 6.88. The van der Waals surface area contributed by atoms with Crippen molar-refractivity contribution in [3.05, 3.63) is 29.6 Å². The molecule has 2 rings (SSSR count). The number of aromatic nitrogens is 1. The molecule has 0 bridgehead atoms. The van der Waals surface area contributed by atoms with E-state index in [1.54, 1.807) is 18.3 Å². The molecular weight excluding hydrogens is 244 g/mol. The van der Waals surface area contributed by atoms with Gasteiger partial charge in [-0.25, -0.2) is 4.98 Å². The van der Waals surface area contributed by atoms with E-state index in [4.69, 9.17) is 9.84 Å². The van der Waals surface area contributed by atoms with Gasteiger partial charge >= 0.3 is 0 Å². The molecule has 1 saturated heterocycles. The average molecular weight is 260 g/mol. The molecule has 1 aliphatic heterocycles. The molecule has 5 heteroatoms. The molecule has 1 amide bonds. The monoisotopic (exact) mass is 260 g/mol. The van der Waals surface area contributed by atoms with Crippen LogP contribution in [0.25, 0.3) is 0 Å². The summed E-state index contributed by atoms with van der Waals surface area (Å²) in [7, 11) is 0. The molecule has 0 saturated carbocycles. The van der Waals surface area contributed by atoms with E-state index in [0.717, 1.165) is 19.4 Å². The van der Waals surface area contributed by atoms with Gasteiger partial charge in [0.15, 0.2) is 0 Å². The van der Waals surface area contributed by atoms with Crippen LogP contribution in [0.15, 0.2) is 18.3 Å². The number of hydrogen-bond donors (Lipinski definition) is 2. The van der Waals surface area contributed by atoms with Crippen LogP contribution in [0.1, 0.15) is 28.9 Å². The second-order valence-electron chi connectivity index (χ2n) is 4.20. The van der Waals surface area contributed by atoms with E-state index in [-0.39, 0.29) is 24.3 Å². The van der Waals surface area contributed by atoms with Gasteiger partial charge < -0.3 is 15.2 Å². The summed E-state index contributed by atoms with van der Waals surface area (Å²) in [5.74, 6) is 4.97. The first-order valence-electron chi connectivity index (χ1n) is 6.26. The maximum absolute atomic E-state index is 12.0. The van der Waals surface area contributed by atoms with Gasteiger partial charge in [0.1, 0.15) is 12.3 Å². The molecule has 2 N–H and O–H groups in total. The van der Waals surface area contributed by atoms with Crippen LogP contribution in [0.3, 0.4) is 0 Å². The molecule has 1 atom stereocenters. The van der Waals surface area contributed by atoms with Crippen LogP contribution in [-0.2, 0) is 4.74 Å². The summed E-state index contributed by atoms with van der Waals surface area (Å²) in [5, 5.41) is 11.5. The average Bonchev–Trinajstić information content (AvgIpc) is 2.96. The molecule has 0 radical (unpaired) electrons. The number of aliphatic hydroxyl groups is 1. The second-order valence-corrected chi connectivity index (χ2v) is 4.20. The van der Waals surface area contributed by atoms with Crippen molar-refractivity contribution < 1.29 is 14.6 Å². The fraction of sp³-hybridized carbons (Fsp3) is 0.429. The molecule has 5 nitrogen and oxygen atoms in total. The smallest absolute Gasteiger partial charge is 0.271 e. The van der Waals surface area contributed by atoms with Gasteiger partial charge in [-0.15, -0.1) is 0 Å². The lowest BCUT2D eigenvalue weighted by Gasteiger charge is -2.10. The van der Waals surface area contributed by atoms with Gasteiger partial charge in [-0.1, -0.05) is 11.8 Å². The molecule has 1 fully saturated rings. The van der Waals surface area contributed by atoms with Crippen LogP contribution >= 0.6 is 0 Å². The number of rotatable bonds is 3. The summed E-state index contributed by atoms with van der Waals surface area (Å²) in [4.78, 5) is 16.1. The van der Waals surface area contributed by atoms with E-state index in [2.05, 4.69) is 22.1 Å². The van der Waals surface area contributed by atoms with Crippen LogP contribution in [-0.4, -0.2) is 41.9 Å². The Labute approximate surface area is 112 Å². The highest BCUT2D eigenvalue weighted by Gasteiger charge is 2.18.